The molecule has 0 saturated heterocycles. The quantitative estimate of drug-likeness (QED) is 0.766. The zero-order valence-corrected chi connectivity index (χ0v) is 16.9. The van der Waals surface area contributed by atoms with Gasteiger partial charge in [-0.1, -0.05) is 65.7 Å². The van der Waals surface area contributed by atoms with Crippen molar-refractivity contribution in [3.05, 3.63) is 29.3 Å². The third-order valence-electron chi connectivity index (χ3n) is 5.59. The van der Waals surface area contributed by atoms with Crippen LogP contribution in [0.25, 0.3) is 0 Å². The molecule has 1 saturated carbocycles. The highest BCUT2D eigenvalue weighted by molar-refractivity contribution is 5.93. The Labute approximate surface area is 154 Å². The number of aryl methyl sites for hydroxylation is 1. The van der Waals surface area contributed by atoms with Crippen LogP contribution >= 0.6 is 0 Å². The second-order valence-corrected chi connectivity index (χ2v) is 8.99. The third-order valence-corrected chi connectivity index (χ3v) is 5.59. The average Bonchev–Trinajstić information content (AvgIpc) is 2.54. The molecule has 1 aliphatic carbocycles. The predicted octanol–water partition coefficient (Wildman–Crippen LogP) is 5.25. The van der Waals surface area contributed by atoms with Crippen molar-refractivity contribution < 1.29 is 4.79 Å². The minimum absolute atomic E-state index is 0.0643. The molecule has 2 rings (SSSR count). The lowest BCUT2D eigenvalue weighted by atomic mass is 9.69. The molecule has 25 heavy (non-hydrogen) atoms. The van der Waals surface area contributed by atoms with Crippen molar-refractivity contribution in [3.8, 4) is 0 Å². The molecule has 2 atom stereocenters. The molecule has 0 spiro atoms. The lowest BCUT2D eigenvalue weighted by Crippen LogP contribution is -2.46. The Morgan fingerprint density at radius 2 is 1.88 bits per heavy atom. The van der Waals surface area contributed by atoms with E-state index in [1.54, 1.807) is 0 Å². The fraction of sp³-hybridized carbons (Fsp3) is 0.682. The molecule has 2 unspecified atom stereocenters. The van der Waals surface area contributed by atoms with E-state index in [9.17, 15) is 4.79 Å². The van der Waals surface area contributed by atoms with Gasteiger partial charge in [-0.25, -0.2) is 0 Å². The number of hydrogen-bond donors (Lipinski definition) is 2. The molecular formula is C22H36N2O. The summed E-state index contributed by atoms with van der Waals surface area (Å²) in [4.78, 5) is 12.6. The van der Waals surface area contributed by atoms with Crippen LogP contribution in [0.5, 0.6) is 0 Å². The molecule has 1 aromatic carbocycles. The molecule has 3 nitrogen and oxygen atoms in total. The summed E-state index contributed by atoms with van der Waals surface area (Å²) in [5, 5.41) is 6.71. The van der Waals surface area contributed by atoms with Gasteiger partial charge in [0.1, 0.15) is 0 Å². The van der Waals surface area contributed by atoms with E-state index < -0.39 is 0 Å². The monoisotopic (exact) mass is 344 g/mol. The maximum absolute atomic E-state index is 12.6. The van der Waals surface area contributed by atoms with Gasteiger partial charge in [-0.05, 0) is 48.1 Å². The number of anilines is 1. The smallest absolute Gasteiger partial charge is 0.238 e. The molecule has 1 amide bonds. The van der Waals surface area contributed by atoms with E-state index in [1.807, 2.05) is 0 Å². The van der Waals surface area contributed by atoms with Crippen molar-refractivity contribution in [2.75, 3.05) is 11.9 Å². The number of nitrogens with one attached hydrogen (secondary N) is 2. The third kappa shape index (κ3) is 5.31. The lowest BCUT2D eigenvalue weighted by molar-refractivity contribution is -0.115. The second kappa shape index (κ2) is 8.35. The minimum atomic E-state index is 0.0643. The van der Waals surface area contributed by atoms with Crippen LogP contribution in [0.2, 0.25) is 0 Å². The molecule has 0 bridgehead atoms. The highest BCUT2D eigenvalue weighted by Crippen LogP contribution is 2.38. The summed E-state index contributed by atoms with van der Waals surface area (Å²) in [5.41, 5.74) is 3.61. The van der Waals surface area contributed by atoms with Crippen LogP contribution in [-0.2, 0) is 4.79 Å². The summed E-state index contributed by atoms with van der Waals surface area (Å²) < 4.78 is 0. The SMILES string of the molecule is Cc1cccc(C(C)C)c1NC(=O)CNC1CCCCC1C(C)(C)C. The van der Waals surface area contributed by atoms with Crippen molar-refractivity contribution in [2.45, 2.75) is 79.2 Å². The zero-order chi connectivity index (χ0) is 18.6. The number of amides is 1. The molecule has 1 aromatic rings. The predicted molar refractivity (Wildman–Crippen MR) is 107 cm³/mol. The summed E-state index contributed by atoms with van der Waals surface area (Å²) in [6, 6.07) is 6.68. The van der Waals surface area contributed by atoms with Crippen LogP contribution < -0.4 is 10.6 Å². The highest BCUT2D eigenvalue weighted by atomic mass is 16.1. The summed E-state index contributed by atoms with van der Waals surface area (Å²) in [5.74, 6) is 1.10. The molecule has 0 heterocycles. The Kier molecular flexibility index (Phi) is 6.67. The normalized spacial score (nSPS) is 21.4. The van der Waals surface area contributed by atoms with Crippen molar-refractivity contribution in [2.24, 2.45) is 11.3 Å². The average molecular weight is 345 g/mol. The first-order chi connectivity index (χ1) is 11.7. The Balaban J connectivity index is 1.99. The van der Waals surface area contributed by atoms with Crippen LogP contribution in [0.1, 0.15) is 77.3 Å². The van der Waals surface area contributed by atoms with Crippen molar-refractivity contribution in [1.29, 1.82) is 0 Å². The molecule has 1 fully saturated rings. The molecule has 0 aliphatic heterocycles. The van der Waals surface area contributed by atoms with Gasteiger partial charge in [-0.2, -0.15) is 0 Å². The van der Waals surface area contributed by atoms with E-state index in [-0.39, 0.29) is 11.3 Å². The van der Waals surface area contributed by atoms with E-state index in [2.05, 4.69) is 70.4 Å². The minimum Gasteiger partial charge on any atom is -0.324 e. The largest absolute Gasteiger partial charge is 0.324 e. The van der Waals surface area contributed by atoms with E-state index in [4.69, 9.17) is 0 Å². The Morgan fingerprint density at radius 3 is 2.52 bits per heavy atom. The summed E-state index contributed by atoms with van der Waals surface area (Å²) >= 11 is 0. The second-order valence-electron chi connectivity index (χ2n) is 8.99. The van der Waals surface area contributed by atoms with Gasteiger partial charge in [0.25, 0.3) is 0 Å². The fourth-order valence-corrected chi connectivity index (χ4v) is 4.16. The first-order valence-corrected chi connectivity index (χ1v) is 9.83. The summed E-state index contributed by atoms with van der Waals surface area (Å²) in [7, 11) is 0. The van der Waals surface area contributed by atoms with Gasteiger partial charge in [0.05, 0.1) is 6.54 Å². The molecule has 2 N–H and O–H groups in total. The van der Waals surface area contributed by atoms with Crippen LogP contribution in [0, 0.1) is 18.3 Å². The molecule has 140 valence electrons. The standard InChI is InChI=1S/C22H36N2O/c1-15(2)17-11-9-10-16(3)21(17)24-20(25)14-23-19-13-8-7-12-18(19)22(4,5)6/h9-11,15,18-19,23H,7-8,12-14H2,1-6H3,(H,24,25). The molecule has 3 heteroatoms. The van der Waals surface area contributed by atoms with Gasteiger partial charge in [0.15, 0.2) is 0 Å². The van der Waals surface area contributed by atoms with Crippen molar-refractivity contribution >= 4 is 11.6 Å². The van der Waals surface area contributed by atoms with E-state index >= 15 is 0 Å². The first kappa shape index (κ1) is 20.0. The van der Waals surface area contributed by atoms with E-state index in [1.165, 1.54) is 31.2 Å². The molecule has 0 aromatic heterocycles. The summed E-state index contributed by atoms with van der Waals surface area (Å²) in [6.45, 7) is 13.7. The van der Waals surface area contributed by atoms with Gasteiger partial charge in [-0.15, -0.1) is 0 Å². The van der Waals surface area contributed by atoms with E-state index in [0.29, 0.717) is 24.4 Å². The number of para-hydroxylation sites is 1. The number of rotatable bonds is 5. The highest BCUT2D eigenvalue weighted by Gasteiger charge is 2.34. The Morgan fingerprint density at radius 1 is 1.20 bits per heavy atom. The van der Waals surface area contributed by atoms with Gasteiger partial charge in [0.2, 0.25) is 5.91 Å². The van der Waals surface area contributed by atoms with Crippen LogP contribution in [0.4, 0.5) is 5.69 Å². The topological polar surface area (TPSA) is 41.1 Å². The number of benzene rings is 1. The number of carbonyl (C=O) groups excluding carboxylic acids is 1. The van der Waals surface area contributed by atoms with Crippen molar-refractivity contribution in [3.63, 3.8) is 0 Å². The molecular weight excluding hydrogens is 308 g/mol. The van der Waals surface area contributed by atoms with Crippen LogP contribution in [0.3, 0.4) is 0 Å². The van der Waals surface area contributed by atoms with Crippen LogP contribution in [0.15, 0.2) is 18.2 Å². The van der Waals surface area contributed by atoms with Gasteiger partial charge >= 0.3 is 0 Å². The van der Waals surface area contributed by atoms with Crippen molar-refractivity contribution in [1.82, 2.24) is 5.32 Å². The first-order valence-electron chi connectivity index (χ1n) is 9.83. The summed E-state index contributed by atoms with van der Waals surface area (Å²) in [6.07, 6.45) is 5.02. The maximum atomic E-state index is 12.6. The molecule has 0 radical (unpaired) electrons. The van der Waals surface area contributed by atoms with Gasteiger partial charge in [0, 0.05) is 11.7 Å². The van der Waals surface area contributed by atoms with Crippen LogP contribution in [-0.4, -0.2) is 18.5 Å². The lowest BCUT2D eigenvalue weighted by Gasteiger charge is -2.41. The van der Waals surface area contributed by atoms with Gasteiger partial charge in [-0.3, -0.25) is 4.79 Å². The maximum Gasteiger partial charge on any atom is 0.238 e. The molecule has 1 aliphatic rings. The fourth-order valence-electron chi connectivity index (χ4n) is 4.16. The Bertz CT molecular complexity index is 586. The Hall–Kier alpha value is -1.35. The number of hydrogen-bond acceptors (Lipinski definition) is 2. The van der Waals surface area contributed by atoms with E-state index in [0.717, 1.165) is 11.3 Å². The zero-order valence-electron chi connectivity index (χ0n) is 16.9. The number of carbonyl (C=O) groups is 1. The van der Waals surface area contributed by atoms with Gasteiger partial charge < -0.3 is 10.6 Å².